The summed E-state index contributed by atoms with van der Waals surface area (Å²) < 4.78 is 7.20. The summed E-state index contributed by atoms with van der Waals surface area (Å²) in [6, 6.07) is 6.98. The van der Waals surface area contributed by atoms with Gasteiger partial charge in [0.1, 0.15) is 11.6 Å². The SMILES string of the molecule is COc1cc(O)cc2c1nnc1c(C)nc(-c3cccnc3C)n12. The Morgan fingerprint density at radius 3 is 2.71 bits per heavy atom. The number of pyridine rings is 1. The molecule has 0 unspecified atom stereocenters. The molecule has 120 valence electrons. The van der Waals surface area contributed by atoms with Crippen molar-refractivity contribution in [3.05, 3.63) is 41.9 Å². The number of benzene rings is 1. The van der Waals surface area contributed by atoms with Gasteiger partial charge in [0, 0.05) is 29.6 Å². The Labute approximate surface area is 137 Å². The second kappa shape index (κ2) is 5.16. The van der Waals surface area contributed by atoms with Gasteiger partial charge in [-0.2, -0.15) is 0 Å². The van der Waals surface area contributed by atoms with E-state index in [1.54, 1.807) is 12.3 Å². The summed E-state index contributed by atoms with van der Waals surface area (Å²) in [7, 11) is 1.53. The highest BCUT2D eigenvalue weighted by molar-refractivity contribution is 5.86. The van der Waals surface area contributed by atoms with E-state index in [9.17, 15) is 5.11 Å². The Morgan fingerprint density at radius 1 is 1.12 bits per heavy atom. The quantitative estimate of drug-likeness (QED) is 0.611. The van der Waals surface area contributed by atoms with Crippen molar-refractivity contribution in [3.63, 3.8) is 0 Å². The zero-order valence-electron chi connectivity index (χ0n) is 13.5. The minimum Gasteiger partial charge on any atom is -0.508 e. The first-order chi connectivity index (χ1) is 11.6. The molecular formula is C17H15N5O2. The third-order valence-electron chi connectivity index (χ3n) is 4.01. The van der Waals surface area contributed by atoms with E-state index in [1.807, 2.05) is 30.4 Å². The maximum atomic E-state index is 10.1. The Balaban J connectivity index is 2.20. The molecule has 0 spiro atoms. The number of fused-ring (bicyclic) bond motifs is 3. The van der Waals surface area contributed by atoms with Crippen molar-refractivity contribution in [2.24, 2.45) is 0 Å². The predicted octanol–water partition coefficient (Wildman–Crippen LogP) is 2.67. The second-order valence-corrected chi connectivity index (χ2v) is 5.53. The monoisotopic (exact) mass is 321 g/mol. The zero-order valence-corrected chi connectivity index (χ0v) is 13.5. The van der Waals surface area contributed by atoms with Gasteiger partial charge >= 0.3 is 0 Å². The van der Waals surface area contributed by atoms with Crippen LogP contribution in [0.2, 0.25) is 0 Å². The van der Waals surface area contributed by atoms with Gasteiger partial charge in [-0.25, -0.2) is 4.98 Å². The number of hydrogen-bond acceptors (Lipinski definition) is 6. The van der Waals surface area contributed by atoms with Crippen LogP contribution in [0.1, 0.15) is 11.4 Å². The highest BCUT2D eigenvalue weighted by Gasteiger charge is 2.18. The number of phenolic OH excluding ortho intramolecular Hbond substituents is 1. The van der Waals surface area contributed by atoms with Crippen LogP contribution in [0.25, 0.3) is 28.1 Å². The molecule has 0 amide bonds. The number of rotatable bonds is 2. The Hall–Kier alpha value is -3.22. The molecule has 7 heteroatoms. The van der Waals surface area contributed by atoms with E-state index in [1.165, 1.54) is 13.2 Å². The third kappa shape index (κ3) is 1.98. The number of imidazole rings is 1. The summed E-state index contributed by atoms with van der Waals surface area (Å²) in [5.74, 6) is 1.26. The molecule has 7 nitrogen and oxygen atoms in total. The highest BCUT2D eigenvalue weighted by Crippen LogP contribution is 2.32. The van der Waals surface area contributed by atoms with Crippen molar-refractivity contribution in [1.29, 1.82) is 0 Å². The number of phenols is 1. The third-order valence-corrected chi connectivity index (χ3v) is 4.01. The van der Waals surface area contributed by atoms with Crippen LogP contribution in [-0.2, 0) is 0 Å². The Kier molecular flexibility index (Phi) is 3.09. The molecule has 24 heavy (non-hydrogen) atoms. The molecule has 0 aliphatic rings. The van der Waals surface area contributed by atoms with Gasteiger partial charge in [0.2, 0.25) is 0 Å². The van der Waals surface area contributed by atoms with Gasteiger partial charge in [-0.1, -0.05) is 0 Å². The minimum absolute atomic E-state index is 0.0915. The van der Waals surface area contributed by atoms with Gasteiger partial charge in [0.05, 0.1) is 18.3 Å². The summed E-state index contributed by atoms with van der Waals surface area (Å²) >= 11 is 0. The van der Waals surface area contributed by atoms with Crippen LogP contribution in [-0.4, -0.2) is 36.8 Å². The smallest absolute Gasteiger partial charge is 0.183 e. The van der Waals surface area contributed by atoms with Crippen molar-refractivity contribution in [1.82, 2.24) is 24.6 Å². The summed E-state index contributed by atoms with van der Waals surface area (Å²) in [6.45, 7) is 3.81. The number of hydrogen-bond donors (Lipinski definition) is 1. The molecule has 0 saturated carbocycles. The first kappa shape index (κ1) is 14.4. The van der Waals surface area contributed by atoms with Crippen LogP contribution in [0.3, 0.4) is 0 Å². The van der Waals surface area contributed by atoms with Crippen LogP contribution in [0.5, 0.6) is 11.5 Å². The molecule has 4 rings (SSSR count). The molecule has 1 N–H and O–H groups in total. The highest BCUT2D eigenvalue weighted by atomic mass is 16.5. The van der Waals surface area contributed by atoms with E-state index >= 15 is 0 Å². The number of aromatic nitrogens is 5. The normalized spacial score (nSPS) is 11.3. The first-order valence-electron chi connectivity index (χ1n) is 7.44. The molecule has 0 atom stereocenters. The maximum absolute atomic E-state index is 10.1. The van der Waals surface area contributed by atoms with Gasteiger partial charge in [0.25, 0.3) is 0 Å². The van der Waals surface area contributed by atoms with E-state index in [4.69, 9.17) is 4.74 Å². The van der Waals surface area contributed by atoms with Gasteiger partial charge in [-0.05, 0) is 26.0 Å². The fourth-order valence-corrected chi connectivity index (χ4v) is 2.87. The summed E-state index contributed by atoms with van der Waals surface area (Å²) in [5.41, 5.74) is 4.38. The lowest BCUT2D eigenvalue weighted by Crippen LogP contribution is -2.00. The molecule has 3 heterocycles. The average Bonchev–Trinajstić information content (AvgIpc) is 2.91. The minimum atomic E-state index is 0.0915. The lowest BCUT2D eigenvalue weighted by Gasteiger charge is -2.09. The van der Waals surface area contributed by atoms with Gasteiger partial charge < -0.3 is 9.84 Å². The number of nitrogens with zero attached hydrogens (tertiary/aromatic N) is 5. The number of methoxy groups -OCH3 is 1. The van der Waals surface area contributed by atoms with Gasteiger partial charge in [-0.15, -0.1) is 10.2 Å². The maximum Gasteiger partial charge on any atom is 0.183 e. The van der Waals surface area contributed by atoms with E-state index in [-0.39, 0.29) is 5.75 Å². The van der Waals surface area contributed by atoms with Crippen molar-refractivity contribution in [2.45, 2.75) is 13.8 Å². The fraction of sp³-hybridized carbons (Fsp3) is 0.176. The summed E-state index contributed by atoms with van der Waals surface area (Å²) in [5, 5.41) is 18.6. The van der Waals surface area contributed by atoms with Gasteiger partial charge in [-0.3, -0.25) is 9.38 Å². The molecule has 4 aromatic rings. The van der Waals surface area contributed by atoms with Crippen molar-refractivity contribution >= 4 is 16.7 Å². The van der Waals surface area contributed by atoms with Crippen LogP contribution in [0, 0.1) is 13.8 Å². The van der Waals surface area contributed by atoms with Crippen LogP contribution < -0.4 is 4.74 Å². The Morgan fingerprint density at radius 2 is 1.96 bits per heavy atom. The second-order valence-electron chi connectivity index (χ2n) is 5.53. The first-order valence-corrected chi connectivity index (χ1v) is 7.44. The number of aryl methyl sites for hydroxylation is 2. The standard InChI is InChI=1S/C17H15N5O2/c1-9-12(5-4-6-18-9)17-19-10(2)16-21-20-15-13(22(16)17)7-11(23)8-14(15)24-3/h4-8,23H,1-3H3. The molecule has 3 aromatic heterocycles. The molecular weight excluding hydrogens is 306 g/mol. The van der Waals surface area contributed by atoms with Crippen molar-refractivity contribution in [3.8, 4) is 22.9 Å². The van der Waals surface area contributed by atoms with E-state index in [2.05, 4.69) is 20.2 Å². The fourth-order valence-electron chi connectivity index (χ4n) is 2.87. The average molecular weight is 321 g/mol. The van der Waals surface area contributed by atoms with Crippen molar-refractivity contribution in [2.75, 3.05) is 7.11 Å². The van der Waals surface area contributed by atoms with E-state index in [0.717, 1.165) is 17.0 Å². The van der Waals surface area contributed by atoms with Crippen LogP contribution >= 0.6 is 0 Å². The van der Waals surface area contributed by atoms with Crippen LogP contribution in [0.4, 0.5) is 0 Å². The molecule has 0 saturated heterocycles. The number of ether oxygens (including phenoxy) is 1. The summed E-state index contributed by atoms with van der Waals surface area (Å²) in [6.07, 6.45) is 1.74. The van der Waals surface area contributed by atoms with Crippen molar-refractivity contribution < 1.29 is 9.84 Å². The molecule has 1 aromatic carbocycles. The molecule has 0 bridgehead atoms. The van der Waals surface area contributed by atoms with Crippen LogP contribution in [0.15, 0.2) is 30.5 Å². The Bertz CT molecular complexity index is 1090. The molecule has 0 fully saturated rings. The predicted molar refractivity (Wildman–Crippen MR) is 89.2 cm³/mol. The van der Waals surface area contributed by atoms with E-state index in [0.29, 0.717) is 28.3 Å². The lowest BCUT2D eigenvalue weighted by atomic mass is 10.2. The number of aromatic hydroxyl groups is 1. The molecule has 0 aliphatic heterocycles. The summed E-state index contributed by atoms with van der Waals surface area (Å²) in [4.78, 5) is 8.99. The molecule has 0 aliphatic carbocycles. The van der Waals surface area contributed by atoms with E-state index < -0.39 is 0 Å². The largest absolute Gasteiger partial charge is 0.508 e. The topological polar surface area (TPSA) is 85.4 Å². The zero-order chi connectivity index (χ0) is 16.8. The molecule has 0 radical (unpaired) electrons. The van der Waals surface area contributed by atoms with Gasteiger partial charge in [0.15, 0.2) is 16.9 Å². The lowest BCUT2D eigenvalue weighted by molar-refractivity contribution is 0.411.